The summed E-state index contributed by atoms with van der Waals surface area (Å²) in [6.07, 6.45) is 2.19. The Labute approximate surface area is 116 Å². The summed E-state index contributed by atoms with van der Waals surface area (Å²) in [6, 6.07) is 3.86. The zero-order chi connectivity index (χ0) is 14.1. The predicted octanol–water partition coefficient (Wildman–Crippen LogP) is 0.909. The molecule has 0 radical (unpaired) electrons. The van der Waals surface area contributed by atoms with Crippen molar-refractivity contribution in [2.24, 2.45) is 11.0 Å². The van der Waals surface area contributed by atoms with E-state index in [2.05, 4.69) is 15.4 Å². The molecular weight excluding hydrogens is 258 g/mol. The maximum absolute atomic E-state index is 12.0. The van der Waals surface area contributed by atoms with E-state index in [1.165, 1.54) is 12.1 Å². The lowest BCUT2D eigenvalue weighted by Gasteiger charge is -2.39. The van der Waals surface area contributed by atoms with Crippen molar-refractivity contribution in [2.45, 2.75) is 12.8 Å². The highest BCUT2D eigenvalue weighted by atomic mass is 16.3. The molecule has 3 fully saturated rings. The average molecular weight is 275 g/mol. The molecule has 0 aliphatic carbocycles. The molecule has 0 unspecified atom stereocenters. The maximum Gasteiger partial charge on any atom is 0.275 e. The summed E-state index contributed by atoms with van der Waals surface area (Å²) in [5.74, 6) is -0.334. The van der Waals surface area contributed by atoms with Gasteiger partial charge in [0.25, 0.3) is 5.91 Å². The number of phenols is 2. The van der Waals surface area contributed by atoms with Gasteiger partial charge in [0.2, 0.25) is 0 Å². The zero-order valence-electron chi connectivity index (χ0n) is 11.0. The van der Waals surface area contributed by atoms with Crippen molar-refractivity contribution >= 4 is 11.6 Å². The Morgan fingerprint density at radius 3 is 2.65 bits per heavy atom. The molecule has 3 heterocycles. The van der Waals surface area contributed by atoms with Gasteiger partial charge in [-0.25, -0.2) is 5.43 Å². The van der Waals surface area contributed by atoms with Gasteiger partial charge >= 0.3 is 0 Å². The van der Waals surface area contributed by atoms with Crippen molar-refractivity contribution < 1.29 is 15.0 Å². The minimum Gasteiger partial charge on any atom is -0.508 e. The minimum atomic E-state index is -0.466. The van der Waals surface area contributed by atoms with E-state index in [9.17, 15) is 15.0 Å². The fourth-order valence-corrected chi connectivity index (χ4v) is 2.80. The molecule has 3 N–H and O–H groups in total. The van der Waals surface area contributed by atoms with Crippen molar-refractivity contribution in [3.8, 4) is 11.5 Å². The Morgan fingerprint density at radius 2 is 2.05 bits per heavy atom. The number of aromatic hydroxyl groups is 2. The summed E-state index contributed by atoms with van der Waals surface area (Å²) in [5.41, 5.74) is 3.61. The van der Waals surface area contributed by atoms with Crippen LogP contribution in [0.5, 0.6) is 11.5 Å². The first kappa shape index (κ1) is 12.9. The summed E-state index contributed by atoms with van der Waals surface area (Å²) in [4.78, 5) is 14.3. The van der Waals surface area contributed by atoms with Crippen molar-refractivity contribution in [1.29, 1.82) is 0 Å². The maximum atomic E-state index is 12.0. The molecule has 0 saturated carbocycles. The number of nitrogens with zero attached hydrogens (tertiary/aromatic N) is 2. The van der Waals surface area contributed by atoms with Crippen molar-refractivity contribution in [1.82, 2.24) is 10.3 Å². The third-order valence-electron chi connectivity index (χ3n) is 3.97. The van der Waals surface area contributed by atoms with E-state index >= 15 is 0 Å². The predicted molar refractivity (Wildman–Crippen MR) is 73.8 cm³/mol. The van der Waals surface area contributed by atoms with Crippen LogP contribution in [-0.2, 0) is 0 Å². The van der Waals surface area contributed by atoms with E-state index in [4.69, 9.17) is 0 Å². The topological polar surface area (TPSA) is 85.2 Å². The van der Waals surface area contributed by atoms with Gasteiger partial charge < -0.3 is 10.2 Å². The first-order valence-electron chi connectivity index (χ1n) is 6.74. The molecular formula is C14H17N3O3. The third kappa shape index (κ3) is 2.46. The van der Waals surface area contributed by atoms with E-state index in [1.807, 2.05) is 0 Å². The summed E-state index contributed by atoms with van der Waals surface area (Å²) in [7, 11) is 0. The van der Waals surface area contributed by atoms with E-state index < -0.39 is 5.91 Å². The van der Waals surface area contributed by atoms with Crippen LogP contribution in [0.3, 0.4) is 0 Å². The molecule has 106 valence electrons. The van der Waals surface area contributed by atoms with Crippen molar-refractivity contribution in [3.05, 3.63) is 23.8 Å². The fourth-order valence-electron chi connectivity index (χ4n) is 2.80. The number of amides is 1. The highest BCUT2D eigenvalue weighted by Gasteiger charge is 2.31. The lowest BCUT2D eigenvalue weighted by Crippen LogP contribution is -2.48. The van der Waals surface area contributed by atoms with Crippen molar-refractivity contribution in [3.63, 3.8) is 0 Å². The number of rotatable bonds is 2. The number of nitrogens with one attached hydrogen (secondary N) is 1. The molecule has 2 bridgehead atoms. The average Bonchev–Trinajstić information content (AvgIpc) is 2.46. The monoisotopic (exact) mass is 275 g/mol. The first-order chi connectivity index (χ1) is 9.63. The van der Waals surface area contributed by atoms with Crippen LogP contribution in [-0.4, -0.2) is 46.4 Å². The standard InChI is InChI=1S/C14H17N3O3/c18-10-1-2-11(13(19)7-10)14(20)16-15-12-8-17-5-3-9(12)4-6-17/h1-2,7,9,18-19H,3-6,8H2,(H,16,20)/b15-12+. The van der Waals surface area contributed by atoms with Crippen LogP contribution in [0.2, 0.25) is 0 Å². The molecule has 4 rings (SSSR count). The molecule has 6 nitrogen and oxygen atoms in total. The van der Waals surface area contributed by atoms with Crippen LogP contribution in [0.1, 0.15) is 23.2 Å². The van der Waals surface area contributed by atoms with Gasteiger partial charge in [-0.3, -0.25) is 9.69 Å². The number of carbonyl (C=O) groups is 1. The summed E-state index contributed by atoms with van der Waals surface area (Å²) >= 11 is 0. The molecule has 20 heavy (non-hydrogen) atoms. The highest BCUT2D eigenvalue weighted by Crippen LogP contribution is 2.25. The third-order valence-corrected chi connectivity index (χ3v) is 3.97. The number of benzene rings is 1. The lowest BCUT2D eigenvalue weighted by atomic mass is 9.87. The van der Waals surface area contributed by atoms with Gasteiger partial charge in [0.05, 0.1) is 11.3 Å². The summed E-state index contributed by atoms with van der Waals surface area (Å²) in [6.45, 7) is 3.03. The SMILES string of the molecule is O=C(N/N=C1\CN2CCC1CC2)c1ccc(O)cc1O. The molecule has 6 heteroatoms. The van der Waals surface area contributed by atoms with Crippen LogP contribution in [0.25, 0.3) is 0 Å². The van der Waals surface area contributed by atoms with Gasteiger partial charge in [0.15, 0.2) is 0 Å². The highest BCUT2D eigenvalue weighted by molar-refractivity contribution is 5.98. The number of fused-ring (bicyclic) bond motifs is 3. The van der Waals surface area contributed by atoms with Gasteiger partial charge in [-0.15, -0.1) is 0 Å². The molecule has 1 amide bonds. The van der Waals surface area contributed by atoms with Crippen LogP contribution in [0.15, 0.2) is 23.3 Å². The summed E-state index contributed by atoms with van der Waals surface area (Å²) in [5, 5.41) is 23.0. The number of hydrazone groups is 1. The molecule has 0 atom stereocenters. The second-order valence-electron chi connectivity index (χ2n) is 5.30. The minimum absolute atomic E-state index is 0.0808. The number of carbonyl (C=O) groups excluding carboxylic acids is 1. The Hall–Kier alpha value is -2.08. The van der Waals surface area contributed by atoms with Crippen LogP contribution in [0, 0.1) is 5.92 Å². The largest absolute Gasteiger partial charge is 0.508 e. The Balaban J connectivity index is 1.70. The van der Waals surface area contributed by atoms with Gasteiger partial charge in [0.1, 0.15) is 11.5 Å². The molecule has 3 aliphatic heterocycles. The second kappa shape index (κ2) is 5.13. The van der Waals surface area contributed by atoms with Crippen molar-refractivity contribution in [2.75, 3.05) is 19.6 Å². The van der Waals surface area contributed by atoms with Gasteiger partial charge in [-0.05, 0) is 38.1 Å². The molecule has 0 aromatic heterocycles. The fraction of sp³-hybridized carbons (Fsp3) is 0.429. The Kier molecular flexibility index (Phi) is 3.31. The Bertz CT molecular complexity index is 563. The number of piperidine rings is 3. The lowest BCUT2D eigenvalue weighted by molar-refractivity contribution is 0.0950. The molecule has 3 saturated heterocycles. The van der Waals surface area contributed by atoms with E-state index in [0.717, 1.165) is 44.3 Å². The Morgan fingerprint density at radius 1 is 1.30 bits per heavy atom. The number of phenolic OH excluding ortho intramolecular Hbond substituents is 2. The zero-order valence-corrected chi connectivity index (χ0v) is 11.0. The van der Waals surface area contributed by atoms with Crippen LogP contribution in [0.4, 0.5) is 0 Å². The molecule has 1 aromatic rings. The van der Waals surface area contributed by atoms with Gasteiger partial charge in [0, 0.05) is 18.5 Å². The number of hydrogen-bond acceptors (Lipinski definition) is 5. The van der Waals surface area contributed by atoms with E-state index in [1.54, 1.807) is 0 Å². The molecule has 0 spiro atoms. The van der Waals surface area contributed by atoms with E-state index in [0.29, 0.717) is 5.92 Å². The second-order valence-corrected chi connectivity index (χ2v) is 5.30. The summed E-state index contributed by atoms with van der Waals surface area (Å²) < 4.78 is 0. The van der Waals surface area contributed by atoms with Crippen LogP contribution < -0.4 is 5.43 Å². The first-order valence-corrected chi connectivity index (χ1v) is 6.74. The molecule has 1 aromatic carbocycles. The normalized spacial score (nSPS) is 26.7. The number of hydrogen-bond donors (Lipinski definition) is 3. The van der Waals surface area contributed by atoms with Gasteiger partial charge in [-0.2, -0.15) is 5.10 Å². The van der Waals surface area contributed by atoms with Gasteiger partial charge in [-0.1, -0.05) is 0 Å². The molecule has 3 aliphatic rings. The van der Waals surface area contributed by atoms with Crippen LogP contribution >= 0.6 is 0 Å². The van der Waals surface area contributed by atoms with E-state index in [-0.39, 0.29) is 17.1 Å². The quantitative estimate of drug-likeness (QED) is 0.700. The smallest absolute Gasteiger partial charge is 0.275 e.